The first kappa shape index (κ1) is 16.5. The van der Waals surface area contributed by atoms with Crippen LogP contribution in [0.25, 0.3) is 0 Å². The lowest BCUT2D eigenvalue weighted by Gasteiger charge is -2.19. The zero-order valence-corrected chi connectivity index (χ0v) is 13.8. The molecule has 1 heterocycles. The summed E-state index contributed by atoms with van der Waals surface area (Å²) in [5, 5.41) is 11.7. The van der Waals surface area contributed by atoms with Gasteiger partial charge in [-0.1, -0.05) is 17.7 Å². The molecule has 0 spiro atoms. The molecule has 118 valence electrons. The lowest BCUT2D eigenvalue weighted by molar-refractivity contribution is -0.114. The number of nitrogens with zero attached hydrogens (tertiary/aromatic N) is 3. The molecule has 23 heavy (non-hydrogen) atoms. The Labute approximate surface area is 136 Å². The second-order valence-electron chi connectivity index (χ2n) is 5.69. The molecule has 1 N–H and O–H groups in total. The molecule has 0 bridgehead atoms. The molecule has 0 fully saturated rings. The quantitative estimate of drug-likeness (QED) is 0.943. The summed E-state index contributed by atoms with van der Waals surface area (Å²) in [5.74, 6) is 0.546. The molecule has 2 aromatic rings. The summed E-state index contributed by atoms with van der Waals surface area (Å²) < 4.78 is 0. The zero-order valence-electron chi connectivity index (χ0n) is 13.8. The Morgan fingerprint density at radius 2 is 1.91 bits per heavy atom. The van der Waals surface area contributed by atoms with Gasteiger partial charge in [-0.3, -0.25) is 4.79 Å². The predicted octanol–water partition coefficient (Wildman–Crippen LogP) is 2.95. The minimum atomic E-state index is -0.103. The van der Waals surface area contributed by atoms with E-state index in [4.69, 9.17) is 5.26 Å². The van der Waals surface area contributed by atoms with Gasteiger partial charge in [0.2, 0.25) is 5.91 Å². The van der Waals surface area contributed by atoms with Gasteiger partial charge in [-0.25, -0.2) is 4.98 Å². The molecule has 2 rings (SSSR count). The highest BCUT2D eigenvalue weighted by atomic mass is 16.2. The maximum Gasteiger partial charge on any atom is 0.243 e. The van der Waals surface area contributed by atoms with Crippen LogP contribution in [0.1, 0.15) is 22.3 Å². The molecule has 0 saturated carbocycles. The average molecular weight is 308 g/mol. The molecule has 5 nitrogen and oxygen atoms in total. The minimum Gasteiger partial charge on any atom is -0.350 e. The maximum absolute atomic E-state index is 12.3. The molecule has 0 aliphatic rings. The van der Waals surface area contributed by atoms with Crippen molar-refractivity contribution < 1.29 is 4.79 Å². The van der Waals surface area contributed by atoms with Gasteiger partial charge < -0.3 is 10.2 Å². The second-order valence-corrected chi connectivity index (χ2v) is 5.69. The molecule has 0 atom stereocenters. The van der Waals surface area contributed by atoms with E-state index in [-0.39, 0.29) is 12.5 Å². The van der Waals surface area contributed by atoms with Gasteiger partial charge in [0.15, 0.2) is 0 Å². The number of carbonyl (C=O) groups is 1. The highest BCUT2D eigenvalue weighted by Crippen LogP contribution is 2.22. The van der Waals surface area contributed by atoms with Crippen LogP contribution in [0.3, 0.4) is 0 Å². The lowest BCUT2D eigenvalue weighted by atomic mass is 10.1. The average Bonchev–Trinajstić information content (AvgIpc) is 2.51. The number of hydrogen-bond donors (Lipinski definition) is 1. The van der Waals surface area contributed by atoms with E-state index in [1.165, 1.54) is 11.8 Å². The van der Waals surface area contributed by atoms with Crippen LogP contribution in [0.4, 0.5) is 11.5 Å². The Bertz CT molecular complexity index is 737. The predicted molar refractivity (Wildman–Crippen MR) is 91.5 cm³/mol. The SMILES string of the molecule is Cc1cc(C)c(NC(=O)CN(C)c2ccc(C#N)cn2)c(C)c1. The second kappa shape index (κ2) is 6.93. The van der Waals surface area contributed by atoms with E-state index in [9.17, 15) is 4.79 Å². The molecule has 1 aromatic heterocycles. The molecule has 0 aliphatic carbocycles. The number of rotatable bonds is 4. The number of benzene rings is 1. The van der Waals surface area contributed by atoms with Crippen molar-refractivity contribution in [2.24, 2.45) is 0 Å². The summed E-state index contributed by atoms with van der Waals surface area (Å²) in [6.45, 7) is 6.20. The lowest BCUT2D eigenvalue weighted by Crippen LogP contribution is -2.31. The summed E-state index contributed by atoms with van der Waals surface area (Å²) in [6, 6.07) is 9.54. The van der Waals surface area contributed by atoms with Crippen LogP contribution in [0.2, 0.25) is 0 Å². The first-order valence-corrected chi connectivity index (χ1v) is 7.35. The number of carbonyl (C=O) groups excluding carboxylic acids is 1. The Morgan fingerprint density at radius 1 is 1.26 bits per heavy atom. The first-order valence-electron chi connectivity index (χ1n) is 7.35. The van der Waals surface area contributed by atoms with Gasteiger partial charge in [0.05, 0.1) is 12.1 Å². The van der Waals surface area contributed by atoms with Crippen LogP contribution in [-0.2, 0) is 4.79 Å². The molecular formula is C18H20N4O. The van der Waals surface area contributed by atoms with E-state index in [2.05, 4.69) is 22.4 Å². The fourth-order valence-corrected chi connectivity index (χ4v) is 2.53. The number of hydrogen-bond acceptors (Lipinski definition) is 4. The van der Waals surface area contributed by atoms with Crippen LogP contribution in [-0.4, -0.2) is 24.5 Å². The van der Waals surface area contributed by atoms with E-state index in [1.54, 1.807) is 24.1 Å². The Hall–Kier alpha value is -2.87. The third-order valence-corrected chi connectivity index (χ3v) is 3.59. The van der Waals surface area contributed by atoms with Gasteiger partial charge in [0, 0.05) is 18.9 Å². The summed E-state index contributed by atoms with van der Waals surface area (Å²) in [5.41, 5.74) is 4.64. The normalized spacial score (nSPS) is 10.0. The minimum absolute atomic E-state index is 0.103. The van der Waals surface area contributed by atoms with E-state index in [0.29, 0.717) is 11.4 Å². The van der Waals surface area contributed by atoms with E-state index < -0.39 is 0 Å². The molecule has 1 amide bonds. The van der Waals surface area contributed by atoms with Gasteiger partial charge in [0.1, 0.15) is 11.9 Å². The van der Waals surface area contributed by atoms with Crippen LogP contribution in [0, 0.1) is 32.1 Å². The number of anilines is 2. The topological polar surface area (TPSA) is 69.0 Å². The third kappa shape index (κ3) is 4.07. The van der Waals surface area contributed by atoms with Crippen LogP contribution in [0.15, 0.2) is 30.5 Å². The number of nitriles is 1. The summed E-state index contributed by atoms with van der Waals surface area (Å²) in [7, 11) is 1.79. The number of pyridine rings is 1. The summed E-state index contributed by atoms with van der Waals surface area (Å²) in [6.07, 6.45) is 1.50. The fraction of sp³-hybridized carbons (Fsp3) is 0.278. The highest BCUT2D eigenvalue weighted by Gasteiger charge is 2.12. The number of aryl methyl sites for hydroxylation is 3. The Balaban J connectivity index is 2.06. The largest absolute Gasteiger partial charge is 0.350 e. The number of amides is 1. The van der Waals surface area contributed by atoms with Crippen molar-refractivity contribution in [1.29, 1.82) is 5.26 Å². The summed E-state index contributed by atoms with van der Waals surface area (Å²) in [4.78, 5) is 18.2. The first-order chi connectivity index (χ1) is 10.9. The third-order valence-electron chi connectivity index (χ3n) is 3.59. The van der Waals surface area contributed by atoms with Gasteiger partial charge >= 0.3 is 0 Å². The molecular weight excluding hydrogens is 288 g/mol. The highest BCUT2D eigenvalue weighted by molar-refractivity contribution is 5.95. The van der Waals surface area contributed by atoms with Crippen molar-refractivity contribution in [1.82, 2.24) is 4.98 Å². The fourth-order valence-electron chi connectivity index (χ4n) is 2.53. The van der Waals surface area contributed by atoms with Gasteiger partial charge in [-0.15, -0.1) is 0 Å². The van der Waals surface area contributed by atoms with Crippen molar-refractivity contribution in [3.05, 3.63) is 52.7 Å². The number of likely N-dealkylation sites (N-methyl/N-ethyl adjacent to an activating group) is 1. The number of nitrogens with one attached hydrogen (secondary N) is 1. The molecule has 0 radical (unpaired) electrons. The van der Waals surface area contributed by atoms with Crippen molar-refractivity contribution in [2.45, 2.75) is 20.8 Å². The monoisotopic (exact) mass is 308 g/mol. The summed E-state index contributed by atoms with van der Waals surface area (Å²) >= 11 is 0. The Kier molecular flexibility index (Phi) is 4.97. The van der Waals surface area contributed by atoms with Crippen LogP contribution in [0.5, 0.6) is 0 Å². The van der Waals surface area contributed by atoms with Crippen LogP contribution >= 0.6 is 0 Å². The molecule has 1 aromatic carbocycles. The van der Waals surface area contributed by atoms with Crippen molar-refractivity contribution >= 4 is 17.4 Å². The standard InChI is InChI=1S/C18H20N4O/c1-12-7-13(2)18(14(3)8-12)21-17(23)11-22(4)16-6-5-15(9-19)10-20-16/h5-8,10H,11H2,1-4H3,(H,21,23). The van der Waals surface area contributed by atoms with Crippen LogP contribution < -0.4 is 10.2 Å². The van der Waals surface area contributed by atoms with Gasteiger partial charge in [0.25, 0.3) is 0 Å². The molecule has 5 heteroatoms. The van der Waals surface area contributed by atoms with Crippen molar-refractivity contribution in [2.75, 3.05) is 23.8 Å². The van der Waals surface area contributed by atoms with Gasteiger partial charge in [-0.05, 0) is 44.0 Å². The van der Waals surface area contributed by atoms with E-state index in [0.717, 1.165) is 16.8 Å². The molecule has 0 aliphatic heterocycles. The zero-order chi connectivity index (χ0) is 17.0. The smallest absolute Gasteiger partial charge is 0.243 e. The van der Waals surface area contributed by atoms with E-state index >= 15 is 0 Å². The Morgan fingerprint density at radius 3 is 2.43 bits per heavy atom. The van der Waals surface area contributed by atoms with E-state index in [1.807, 2.05) is 26.8 Å². The van der Waals surface area contributed by atoms with Crippen molar-refractivity contribution in [3.63, 3.8) is 0 Å². The maximum atomic E-state index is 12.3. The van der Waals surface area contributed by atoms with Crippen molar-refractivity contribution in [3.8, 4) is 6.07 Å². The number of aromatic nitrogens is 1. The molecule has 0 unspecified atom stereocenters. The van der Waals surface area contributed by atoms with Gasteiger partial charge in [-0.2, -0.15) is 5.26 Å². The molecule has 0 saturated heterocycles.